The highest BCUT2D eigenvalue weighted by Gasteiger charge is 2.07. The second-order valence-electron chi connectivity index (χ2n) is 3.11. The molecule has 1 rings (SSSR count). The van der Waals surface area contributed by atoms with Crippen LogP contribution in [0.2, 0.25) is 0 Å². The molecule has 78 valence electrons. The van der Waals surface area contributed by atoms with Gasteiger partial charge >= 0.3 is 0 Å². The Morgan fingerprint density at radius 1 is 1.53 bits per heavy atom. The number of hydrogen-bond acceptors (Lipinski definition) is 2. The van der Waals surface area contributed by atoms with Gasteiger partial charge in [0, 0.05) is 11.9 Å². The highest BCUT2D eigenvalue weighted by atomic mass is 16.1. The lowest BCUT2D eigenvalue weighted by atomic mass is 10.1. The summed E-state index contributed by atoms with van der Waals surface area (Å²) < 4.78 is 0. The van der Waals surface area contributed by atoms with E-state index in [4.69, 9.17) is 0 Å². The first-order valence-electron chi connectivity index (χ1n) is 4.46. The molecule has 0 radical (unpaired) electrons. The summed E-state index contributed by atoms with van der Waals surface area (Å²) in [5.74, 6) is 0.286. The van der Waals surface area contributed by atoms with Crippen LogP contribution in [0.5, 0.6) is 0 Å². The first-order valence-corrected chi connectivity index (χ1v) is 4.46. The SMILES string of the molecule is C=CN=C(N=C)c1cc(C)c(C)[nH]c1=O. The number of amidine groups is 1. The third-order valence-electron chi connectivity index (χ3n) is 2.10. The fraction of sp³-hybridized carbons (Fsp3) is 0.182. The van der Waals surface area contributed by atoms with E-state index in [-0.39, 0.29) is 11.4 Å². The monoisotopic (exact) mass is 203 g/mol. The Bertz CT molecular complexity index is 483. The molecule has 0 aliphatic heterocycles. The van der Waals surface area contributed by atoms with Crippen LogP contribution in [0.3, 0.4) is 0 Å². The standard InChI is InChI=1S/C11H13N3O/c1-5-13-10(12-4)9-6-7(2)8(3)14-11(9)15/h5-6H,1,4H2,2-3H3,(H,14,15). The molecule has 0 atom stereocenters. The van der Waals surface area contributed by atoms with E-state index in [1.807, 2.05) is 13.8 Å². The van der Waals surface area contributed by atoms with Gasteiger partial charge in [0.05, 0.1) is 5.56 Å². The van der Waals surface area contributed by atoms with Crippen molar-refractivity contribution >= 4 is 12.6 Å². The minimum Gasteiger partial charge on any atom is -0.326 e. The summed E-state index contributed by atoms with van der Waals surface area (Å²) in [5.41, 5.74) is 2.01. The van der Waals surface area contributed by atoms with Crippen LogP contribution in [0, 0.1) is 13.8 Å². The smallest absolute Gasteiger partial charge is 0.259 e. The van der Waals surface area contributed by atoms with Gasteiger partial charge in [-0.2, -0.15) is 0 Å². The van der Waals surface area contributed by atoms with Crippen molar-refractivity contribution in [3.8, 4) is 0 Å². The van der Waals surface area contributed by atoms with Crippen LogP contribution in [-0.2, 0) is 0 Å². The molecule has 0 spiro atoms. The van der Waals surface area contributed by atoms with Crippen molar-refractivity contribution in [1.29, 1.82) is 0 Å². The number of aryl methyl sites for hydroxylation is 2. The molecule has 0 saturated heterocycles. The van der Waals surface area contributed by atoms with Gasteiger partial charge in [0.2, 0.25) is 0 Å². The van der Waals surface area contributed by atoms with Crippen molar-refractivity contribution < 1.29 is 0 Å². The molecule has 0 bridgehead atoms. The number of pyridine rings is 1. The summed E-state index contributed by atoms with van der Waals surface area (Å²) >= 11 is 0. The Kier molecular flexibility index (Phi) is 3.33. The van der Waals surface area contributed by atoms with E-state index in [1.54, 1.807) is 6.07 Å². The van der Waals surface area contributed by atoms with Crippen molar-refractivity contribution in [1.82, 2.24) is 4.98 Å². The van der Waals surface area contributed by atoms with Gasteiger partial charge in [-0.15, -0.1) is 0 Å². The summed E-state index contributed by atoms with van der Waals surface area (Å²) in [7, 11) is 0. The largest absolute Gasteiger partial charge is 0.326 e. The van der Waals surface area contributed by atoms with E-state index >= 15 is 0 Å². The summed E-state index contributed by atoms with van der Waals surface area (Å²) in [5, 5.41) is 0. The number of H-pyrrole nitrogens is 1. The van der Waals surface area contributed by atoms with Crippen molar-refractivity contribution in [2.24, 2.45) is 9.98 Å². The first kappa shape index (κ1) is 11.1. The lowest BCUT2D eigenvalue weighted by Crippen LogP contribution is -2.18. The topological polar surface area (TPSA) is 57.6 Å². The average Bonchev–Trinajstić information content (AvgIpc) is 2.20. The molecule has 0 fully saturated rings. The Balaban J connectivity index is 3.43. The van der Waals surface area contributed by atoms with Gasteiger partial charge in [0.1, 0.15) is 0 Å². The van der Waals surface area contributed by atoms with E-state index in [0.29, 0.717) is 5.56 Å². The van der Waals surface area contributed by atoms with Crippen LogP contribution < -0.4 is 5.56 Å². The predicted molar refractivity (Wildman–Crippen MR) is 62.8 cm³/mol. The predicted octanol–water partition coefficient (Wildman–Crippen LogP) is 1.58. The van der Waals surface area contributed by atoms with E-state index < -0.39 is 0 Å². The van der Waals surface area contributed by atoms with Gasteiger partial charge in [0.15, 0.2) is 5.84 Å². The molecule has 0 aromatic carbocycles. The van der Waals surface area contributed by atoms with Crippen molar-refractivity contribution in [2.75, 3.05) is 0 Å². The van der Waals surface area contributed by atoms with Crippen molar-refractivity contribution in [3.63, 3.8) is 0 Å². The Labute approximate surface area is 88.1 Å². The maximum absolute atomic E-state index is 11.6. The molecule has 0 saturated carbocycles. The van der Waals surface area contributed by atoms with Crippen LogP contribution in [0.15, 0.2) is 33.6 Å². The van der Waals surface area contributed by atoms with Crippen LogP contribution in [0.1, 0.15) is 16.8 Å². The highest BCUT2D eigenvalue weighted by Crippen LogP contribution is 2.04. The number of rotatable bonds is 2. The molecule has 1 aromatic rings. The van der Waals surface area contributed by atoms with Crippen LogP contribution in [0.25, 0.3) is 0 Å². The zero-order chi connectivity index (χ0) is 11.4. The molecular weight excluding hydrogens is 190 g/mol. The molecule has 1 N–H and O–H groups in total. The number of aromatic amines is 1. The maximum Gasteiger partial charge on any atom is 0.259 e. The number of aromatic nitrogens is 1. The molecular formula is C11H13N3O. The van der Waals surface area contributed by atoms with Gasteiger partial charge < -0.3 is 4.98 Å². The summed E-state index contributed by atoms with van der Waals surface area (Å²) in [6.45, 7) is 10.6. The van der Waals surface area contributed by atoms with Crippen LogP contribution in [0.4, 0.5) is 0 Å². The molecule has 1 aromatic heterocycles. The van der Waals surface area contributed by atoms with Gasteiger partial charge in [-0.05, 0) is 32.2 Å². The van der Waals surface area contributed by atoms with E-state index in [2.05, 4.69) is 28.3 Å². The number of nitrogens with one attached hydrogen (secondary N) is 1. The second-order valence-corrected chi connectivity index (χ2v) is 3.11. The number of nitrogens with zero attached hydrogens (tertiary/aromatic N) is 2. The Morgan fingerprint density at radius 3 is 2.73 bits per heavy atom. The minimum absolute atomic E-state index is 0.217. The molecule has 1 heterocycles. The highest BCUT2D eigenvalue weighted by molar-refractivity contribution is 6.01. The Morgan fingerprint density at radius 2 is 2.20 bits per heavy atom. The molecule has 15 heavy (non-hydrogen) atoms. The second kappa shape index (κ2) is 4.50. The molecule has 0 aliphatic carbocycles. The summed E-state index contributed by atoms with van der Waals surface area (Å²) in [6.07, 6.45) is 1.33. The third kappa shape index (κ3) is 2.28. The van der Waals surface area contributed by atoms with Crippen molar-refractivity contribution in [3.05, 3.63) is 46.0 Å². The van der Waals surface area contributed by atoms with Crippen LogP contribution in [-0.4, -0.2) is 17.5 Å². The lowest BCUT2D eigenvalue weighted by molar-refractivity contribution is 1.09. The van der Waals surface area contributed by atoms with Crippen molar-refractivity contribution in [2.45, 2.75) is 13.8 Å². The van der Waals surface area contributed by atoms with E-state index in [1.165, 1.54) is 6.20 Å². The normalized spacial score (nSPS) is 11.2. The molecule has 4 nitrogen and oxygen atoms in total. The third-order valence-corrected chi connectivity index (χ3v) is 2.10. The average molecular weight is 203 g/mol. The van der Waals surface area contributed by atoms with Gasteiger partial charge in [0.25, 0.3) is 5.56 Å². The summed E-state index contributed by atoms with van der Waals surface area (Å²) in [6, 6.07) is 1.74. The number of hydrogen-bond donors (Lipinski definition) is 1. The lowest BCUT2D eigenvalue weighted by Gasteiger charge is -2.03. The van der Waals surface area contributed by atoms with E-state index in [0.717, 1.165) is 11.3 Å². The zero-order valence-electron chi connectivity index (χ0n) is 8.87. The molecule has 0 aliphatic rings. The molecule has 0 unspecified atom stereocenters. The van der Waals surface area contributed by atoms with Gasteiger partial charge in [-0.3, -0.25) is 4.79 Å². The van der Waals surface area contributed by atoms with Gasteiger partial charge in [-0.25, -0.2) is 9.98 Å². The number of aliphatic imine (C=N–C) groups is 2. The van der Waals surface area contributed by atoms with Crippen LogP contribution >= 0.6 is 0 Å². The fourth-order valence-corrected chi connectivity index (χ4v) is 1.17. The molecule has 4 heteroatoms. The maximum atomic E-state index is 11.6. The Hall–Kier alpha value is -1.97. The molecule has 0 amide bonds. The minimum atomic E-state index is -0.217. The quantitative estimate of drug-likeness (QED) is 0.575. The summed E-state index contributed by atoms with van der Waals surface area (Å²) in [4.78, 5) is 21.9. The fourth-order valence-electron chi connectivity index (χ4n) is 1.17. The zero-order valence-corrected chi connectivity index (χ0v) is 8.87. The van der Waals surface area contributed by atoms with Gasteiger partial charge in [-0.1, -0.05) is 6.58 Å². The first-order chi connectivity index (χ1) is 7.10. The van der Waals surface area contributed by atoms with E-state index in [9.17, 15) is 4.79 Å².